The van der Waals surface area contributed by atoms with Crippen LogP contribution >= 0.6 is 11.6 Å². The average Bonchev–Trinajstić information content (AvgIpc) is 2.34. The first-order valence-corrected chi connectivity index (χ1v) is 7.29. The van der Waals surface area contributed by atoms with E-state index >= 15 is 0 Å². The second-order valence-corrected chi connectivity index (χ2v) is 6.11. The van der Waals surface area contributed by atoms with E-state index < -0.39 is 33.2 Å². The lowest BCUT2D eigenvalue weighted by Gasteiger charge is -2.10. The molecule has 0 atom stereocenters. The monoisotopic (exact) mass is 336 g/mol. The van der Waals surface area contributed by atoms with Crippen molar-refractivity contribution in [3.05, 3.63) is 52.8 Å². The minimum absolute atomic E-state index is 0.162. The van der Waals surface area contributed by atoms with E-state index in [0.717, 1.165) is 6.07 Å². The quantitative estimate of drug-likeness (QED) is 0.668. The van der Waals surface area contributed by atoms with Crippen LogP contribution in [0.4, 0.5) is 24.5 Å². The summed E-state index contributed by atoms with van der Waals surface area (Å²) in [5.41, 5.74) is 5.21. The van der Waals surface area contributed by atoms with Gasteiger partial charge >= 0.3 is 0 Å². The summed E-state index contributed by atoms with van der Waals surface area (Å²) in [4.78, 5) is -0.330. The molecule has 112 valence electrons. The first-order chi connectivity index (χ1) is 9.70. The van der Waals surface area contributed by atoms with E-state index in [1.165, 1.54) is 12.1 Å². The van der Waals surface area contributed by atoms with Crippen molar-refractivity contribution in [2.24, 2.45) is 0 Å². The Balaban J connectivity index is 2.42. The fourth-order valence-electron chi connectivity index (χ4n) is 1.56. The Kier molecular flexibility index (Phi) is 4.02. The van der Waals surface area contributed by atoms with Crippen molar-refractivity contribution < 1.29 is 21.6 Å². The van der Waals surface area contributed by atoms with Gasteiger partial charge in [-0.15, -0.1) is 0 Å². The third-order valence-electron chi connectivity index (χ3n) is 2.48. The molecule has 0 radical (unpaired) electrons. The lowest BCUT2D eigenvalue weighted by Crippen LogP contribution is -2.14. The summed E-state index contributed by atoms with van der Waals surface area (Å²) in [6.07, 6.45) is 0. The molecule has 0 aliphatic rings. The molecule has 21 heavy (non-hydrogen) atoms. The summed E-state index contributed by atoms with van der Waals surface area (Å²) in [6.45, 7) is 0. The molecule has 0 aliphatic heterocycles. The van der Waals surface area contributed by atoms with Crippen molar-refractivity contribution >= 4 is 33.0 Å². The van der Waals surface area contributed by atoms with Crippen molar-refractivity contribution in [1.82, 2.24) is 0 Å². The van der Waals surface area contributed by atoms with Crippen LogP contribution in [0.3, 0.4) is 0 Å². The highest BCUT2D eigenvalue weighted by molar-refractivity contribution is 7.92. The second kappa shape index (κ2) is 5.45. The molecule has 0 unspecified atom stereocenters. The third-order valence-corrected chi connectivity index (χ3v) is 4.35. The summed E-state index contributed by atoms with van der Waals surface area (Å²) in [7, 11) is -4.20. The minimum Gasteiger partial charge on any atom is -0.399 e. The average molecular weight is 337 g/mol. The number of nitrogens with one attached hydrogen (secondary N) is 1. The van der Waals surface area contributed by atoms with E-state index in [1.807, 2.05) is 4.72 Å². The lowest BCUT2D eigenvalue weighted by molar-refractivity contribution is 0.448. The number of sulfonamides is 1. The molecule has 0 amide bonds. The van der Waals surface area contributed by atoms with Crippen molar-refractivity contribution in [3.8, 4) is 0 Å². The van der Waals surface area contributed by atoms with Crippen LogP contribution < -0.4 is 10.5 Å². The fourth-order valence-corrected chi connectivity index (χ4v) is 3.15. The molecule has 0 heterocycles. The number of rotatable bonds is 3. The van der Waals surface area contributed by atoms with Gasteiger partial charge < -0.3 is 5.73 Å². The lowest BCUT2D eigenvalue weighted by atomic mass is 10.3. The number of halogens is 4. The number of hydrogen-bond donors (Lipinski definition) is 2. The molecule has 0 bridgehead atoms. The van der Waals surface area contributed by atoms with Crippen LogP contribution in [0.15, 0.2) is 35.2 Å². The maximum absolute atomic E-state index is 13.1. The van der Waals surface area contributed by atoms with Gasteiger partial charge in [0, 0.05) is 17.8 Å². The Morgan fingerprint density at radius 2 is 1.62 bits per heavy atom. The van der Waals surface area contributed by atoms with Crippen molar-refractivity contribution in [1.29, 1.82) is 0 Å². The first-order valence-electron chi connectivity index (χ1n) is 5.43. The second-order valence-electron chi connectivity index (χ2n) is 4.05. The summed E-state index contributed by atoms with van der Waals surface area (Å²) in [5, 5.41) is -0.162. The molecular formula is C12H8ClF3N2O2S. The fraction of sp³-hybridized carbons (Fsp3) is 0. The Bertz CT molecular complexity index is 789. The van der Waals surface area contributed by atoms with Crippen LogP contribution in [-0.4, -0.2) is 8.42 Å². The van der Waals surface area contributed by atoms with Gasteiger partial charge in [-0.3, -0.25) is 4.72 Å². The normalized spacial score (nSPS) is 11.4. The standard InChI is InChI=1S/C12H8ClF3N2O2S/c13-8-3-6(17)1-2-11(8)21(19,20)18-7-4-9(14)12(16)10(15)5-7/h1-5,18H,17H2. The van der Waals surface area contributed by atoms with Crippen LogP contribution in [0.5, 0.6) is 0 Å². The van der Waals surface area contributed by atoms with Gasteiger partial charge in [0.05, 0.1) is 10.7 Å². The Morgan fingerprint density at radius 1 is 1.05 bits per heavy atom. The van der Waals surface area contributed by atoms with Crippen molar-refractivity contribution in [3.63, 3.8) is 0 Å². The van der Waals surface area contributed by atoms with Gasteiger partial charge in [0.1, 0.15) is 4.90 Å². The van der Waals surface area contributed by atoms with Crippen molar-refractivity contribution in [2.45, 2.75) is 4.90 Å². The van der Waals surface area contributed by atoms with Gasteiger partial charge in [-0.2, -0.15) is 0 Å². The highest BCUT2D eigenvalue weighted by Crippen LogP contribution is 2.26. The van der Waals surface area contributed by atoms with Gasteiger partial charge in [-0.1, -0.05) is 11.6 Å². The molecule has 4 nitrogen and oxygen atoms in total. The first kappa shape index (κ1) is 15.5. The number of benzene rings is 2. The third kappa shape index (κ3) is 3.22. The summed E-state index contributed by atoms with van der Waals surface area (Å²) in [6, 6.07) is 4.67. The van der Waals surface area contributed by atoms with Crippen LogP contribution in [-0.2, 0) is 10.0 Å². The van der Waals surface area contributed by atoms with E-state index in [1.54, 1.807) is 0 Å². The molecule has 0 aliphatic carbocycles. The predicted octanol–water partition coefficient (Wildman–Crippen LogP) is 3.14. The van der Waals surface area contributed by atoms with Gasteiger partial charge in [0.25, 0.3) is 10.0 Å². The van der Waals surface area contributed by atoms with E-state index in [2.05, 4.69) is 0 Å². The van der Waals surface area contributed by atoms with Crippen LogP contribution in [0.25, 0.3) is 0 Å². The highest BCUT2D eigenvalue weighted by Gasteiger charge is 2.20. The maximum Gasteiger partial charge on any atom is 0.263 e. The highest BCUT2D eigenvalue weighted by atomic mass is 35.5. The molecule has 2 aromatic carbocycles. The molecule has 9 heteroatoms. The molecular weight excluding hydrogens is 329 g/mol. The number of nitrogen functional groups attached to an aromatic ring is 1. The molecule has 0 saturated carbocycles. The van der Waals surface area contributed by atoms with Gasteiger partial charge in [0.2, 0.25) is 0 Å². The zero-order chi connectivity index (χ0) is 15.8. The number of hydrogen-bond acceptors (Lipinski definition) is 3. The maximum atomic E-state index is 13.1. The predicted molar refractivity (Wildman–Crippen MR) is 73.0 cm³/mol. The molecule has 0 fully saturated rings. The zero-order valence-electron chi connectivity index (χ0n) is 10.2. The van der Waals surface area contributed by atoms with E-state index in [-0.39, 0.29) is 15.6 Å². The number of nitrogens with two attached hydrogens (primary N) is 1. The Labute approximate surface area is 123 Å². The molecule has 2 aromatic rings. The van der Waals surface area contributed by atoms with Gasteiger partial charge in [-0.25, -0.2) is 21.6 Å². The summed E-state index contributed by atoms with van der Waals surface area (Å²) >= 11 is 5.76. The SMILES string of the molecule is Nc1ccc(S(=O)(=O)Nc2cc(F)c(F)c(F)c2)c(Cl)c1. The molecule has 0 saturated heterocycles. The van der Waals surface area contributed by atoms with E-state index in [0.29, 0.717) is 12.1 Å². The Morgan fingerprint density at radius 3 is 2.14 bits per heavy atom. The van der Waals surface area contributed by atoms with Gasteiger partial charge in [-0.05, 0) is 18.2 Å². The zero-order valence-corrected chi connectivity index (χ0v) is 11.8. The summed E-state index contributed by atoms with van der Waals surface area (Å²) in [5.74, 6) is -4.73. The number of anilines is 2. The summed E-state index contributed by atoms with van der Waals surface area (Å²) < 4.78 is 65.0. The molecule has 0 aromatic heterocycles. The van der Waals surface area contributed by atoms with Crippen LogP contribution in [0, 0.1) is 17.5 Å². The van der Waals surface area contributed by atoms with Crippen LogP contribution in [0.1, 0.15) is 0 Å². The Hall–Kier alpha value is -1.93. The van der Waals surface area contributed by atoms with E-state index in [4.69, 9.17) is 17.3 Å². The van der Waals surface area contributed by atoms with E-state index in [9.17, 15) is 21.6 Å². The molecule has 2 rings (SSSR count). The topological polar surface area (TPSA) is 72.2 Å². The smallest absolute Gasteiger partial charge is 0.263 e. The van der Waals surface area contributed by atoms with Crippen LogP contribution in [0.2, 0.25) is 5.02 Å². The van der Waals surface area contributed by atoms with Gasteiger partial charge in [0.15, 0.2) is 17.5 Å². The molecule has 3 N–H and O–H groups in total. The molecule has 0 spiro atoms. The minimum atomic E-state index is -4.20. The van der Waals surface area contributed by atoms with Crippen molar-refractivity contribution in [2.75, 3.05) is 10.5 Å². The largest absolute Gasteiger partial charge is 0.399 e.